The average Bonchev–Trinajstić information content (AvgIpc) is 1.66. The molecule has 0 aromatic rings. The summed E-state index contributed by atoms with van der Waals surface area (Å²) >= 11 is 0. The van der Waals surface area contributed by atoms with Crippen molar-refractivity contribution in [3.8, 4) is 0 Å². The monoisotopic (exact) mass is 172 g/mol. The Morgan fingerprint density at radius 2 is 2.00 bits per heavy atom. The van der Waals surface area contributed by atoms with Crippen LogP contribution in [0.5, 0.6) is 0 Å². The van der Waals surface area contributed by atoms with Gasteiger partial charge in [0.1, 0.15) is 0 Å². The molecular formula is C6H12FeO2. The molecule has 0 amide bonds. The van der Waals surface area contributed by atoms with Gasteiger partial charge in [-0.05, 0) is 6.42 Å². The topological polar surface area (TPSA) is 37.3 Å². The van der Waals surface area contributed by atoms with Gasteiger partial charge in [-0.25, -0.2) is 0 Å². The Bertz CT molecular complexity index is 73.5. The van der Waals surface area contributed by atoms with Gasteiger partial charge in [-0.2, -0.15) is 0 Å². The zero-order valence-electron chi connectivity index (χ0n) is 5.54. The van der Waals surface area contributed by atoms with E-state index in [1.807, 2.05) is 0 Å². The first-order chi connectivity index (χ1) is 3.77. The van der Waals surface area contributed by atoms with Crippen molar-refractivity contribution < 1.29 is 27.0 Å². The van der Waals surface area contributed by atoms with Gasteiger partial charge >= 0.3 is 5.97 Å². The third-order valence-electron chi connectivity index (χ3n) is 0.994. The van der Waals surface area contributed by atoms with Crippen LogP contribution in [-0.4, -0.2) is 11.1 Å². The molecule has 0 aromatic heterocycles. The zero-order valence-corrected chi connectivity index (χ0v) is 6.64. The second-order valence-corrected chi connectivity index (χ2v) is 1.85. The molecule has 0 unspecified atom stereocenters. The molecule has 0 rings (SSSR count). The van der Waals surface area contributed by atoms with E-state index in [1.54, 1.807) is 0 Å². The van der Waals surface area contributed by atoms with Crippen LogP contribution in [0, 0.1) is 0 Å². The number of hydrogen-bond donors (Lipinski definition) is 1. The smallest absolute Gasteiger partial charge is 0.303 e. The van der Waals surface area contributed by atoms with Crippen LogP contribution < -0.4 is 0 Å². The van der Waals surface area contributed by atoms with Gasteiger partial charge in [-0.1, -0.05) is 19.8 Å². The van der Waals surface area contributed by atoms with Crippen LogP contribution in [0.4, 0.5) is 0 Å². The maximum atomic E-state index is 9.87. The third kappa shape index (κ3) is 11.5. The maximum absolute atomic E-state index is 9.87. The molecule has 0 aliphatic carbocycles. The molecule has 56 valence electrons. The van der Waals surface area contributed by atoms with Crippen LogP contribution in [0.25, 0.3) is 0 Å². The second-order valence-electron chi connectivity index (χ2n) is 1.85. The van der Waals surface area contributed by atoms with Gasteiger partial charge in [0.25, 0.3) is 0 Å². The zero-order chi connectivity index (χ0) is 6.41. The molecule has 2 nitrogen and oxygen atoms in total. The fourth-order valence-electron chi connectivity index (χ4n) is 0.526. The summed E-state index contributed by atoms with van der Waals surface area (Å²) in [5.74, 6) is -0.682. The molecule has 0 saturated heterocycles. The van der Waals surface area contributed by atoms with Crippen LogP contribution in [0.15, 0.2) is 0 Å². The fraction of sp³-hybridized carbons (Fsp3) is 0.833. The van der Waals surface area contributed by atoms with Crippen molar-refractivity contribution in [3.63, 3.8) is 0 Å². The van der Waals surface area contributed by atoms with Crippen molar-refractivity contribution in [3.05, 3.63) is 0 Å². The summed E-state index contributed by atoms with van der Waals surface area (Å²) in [7, 11) is 0. The quantitative estimate of drug-likeness (QED) is 0.517. The molecule has 0 aromatic carbocycles. The molecule has 0 bridgehead atoms. The van der Waals surface area contributed by atoms with Gasteiger partial charge in [0.2, 0.25) is 0 Å². The average molecular weight is 172 g/mol. The van der Waals surface area contributed by atoms with E-state index in [4.69, 9.17) is 5.11 Å². The third-order valence-corrected chi connectivity index (χ3v) is 0.994. The molecule has 0 saturated carbocycles. The predicted molar refractivity (Wildman–Crippen MR) is 31.8 cm³/mol. The number of hydrogen-bond acceptors (Lipinski definition) is 1. The van der Waals surface area contributed by atoms with Crippen LogP contribution in [0.3, 0.4) is 0 Å². The minimum atomic E-state index is -0.682. The van der Waals surface area contributed by atoms with Gasteiger partial charge in [0, 0.05) is 23.5 Å². The summed E-state index contributed by atoms with van der Waals surface area (Å²) in [4.78, 5) is 9.87. The Morgan fingerprint density at radius 3 is 2.33 bits per heavy atom. The first kappa shape index (κ1) is 11.7. The SMILES string of the molecule is CCCCCC(=O)O.[Fe]. The van der Waals surface area contributed by atoms with Crippen LogP contribution in [0.1, 0.15) is 32.6 Å². The number of carbonyl (C=O) groups is 1. The number of unbranched alkanes of at least 4 members (excludes halogenated alkanes) is 2. The standard InChI is InChI=1S/C6H12O2.Fe/c1-2-3-4-5-6(7)8;/h2-5H2,1H3,(H,7,8);. The summed E-state index contributed by atoms with van der Waals surface area (Å²) in [6.45, 7) is 2.06. The van der Waals surface area contributed by atoms with Crippen molar-refractivity contribution >= 4 is 5.97 Å². The molecule has 1 N–H and O–H groups in total. The molecule has 0 atom stereocenters. The Morgan fingerprint density at radius 1 is 1.44 bits per heavy atom. The van der Waals surface area contributed by atoms with E-state index in [-0.39, 0.29) is 17.1 Å². The first-order valence-electron chi connectivity index (χ1n) is 2.99. The largest absolute Gasteiger partial charge is 0.481 e. The Balaban J connectivity index is 0. The Hall–Kier alpha value is -0.0105. The maximum Gasteiger partial charge on any atom is 0.303 e. The van der Waals surface area contributed by atoms with E-state index in [1.165, 1.54) is 0 Å². The van der Waals surface area contributed by atoms with Crippen molar-refractivity contribution in [1.29, 1.82) is 0 Å². The Kier molecular flexibility index (Phi) is 10.4. The van der Waals surface area contributed by atoms with Gasteiger partial charge < -0.3 is 5.11 Å². The van der Waals surface area contributed by atoms with Gasteiger partial charge in [0.15, 0.2) is 0 Å². The van der Waals surface area contributed by atoms with E-state index in [9.17, 15) is 4.79 Å². The first-order valence-corrected chi connectivity index (χ1v) is 2.99. The van der Waals surface area contributed by atoms with E-state index in [2.05, 4.69) is 6.92 Å². The van der Waals surface area contributed by atoms with Crippen molar-refractivity contribution in [1.82, 2.24) is 0 Å². The van der Waals surface area contributed by atoms with E-state index < -0.39 is 5.97 Å². The van der Waals surface area contributed by atoms with Crippen molar-refractivity contribution in [2.24, 2.45) is 0 Å². The molecule has 0 fully saturated rings. The molecule has 9 heavy (non-hydrogen) atoms. The fourth-order valence-corrected chi connectivity index (χ4v) is 0.526. The number of carboxylic acid groups (broad SMARTS) is 1. The predicted octanol–water partition coefficient (Wildman–Crippen LogP) is 1.65. The van der Waals surface area contributed by atoms with Crippen LogP contribution in [-0.2, 0) is 21.9 Å². The van der Waals surface area contributed by atoms with E-state index in [0.717, 1.165) is 19.3 Å². The summed E-state index contributed by atoms with van der Waals surface area (Å²) in [6, 6.07) is 0. The van der Waals surface area contributed by atoms with Crippen molar-refractivity contribution in [2.45, 2.75) is 32.6 Å². The molecule has 0 aliphatic rings. The van der Waals surface area contributed by atoms with Crippen LogP contribution in [0.2, 0.25) is 0 Å². The van der Waals surface area contributed by atoms with E-state index >= 15 is 0 Å². The molecule has 0 radical (unpaired) electrons. The minimum absolute atomic E-state index is 0. The summed E-state index contributed by atoms with van der Waals surface area (Å²) in [5, 5.41) is 8.14. The number of rotatable bonds is 4. The van der Waals surface area contributed by atoms with E-state index in [0.29, 0.717) is 6.42 Å². The normalized spacial score (nSPS) is 8.11. The molecule has 3 heteroatoms. The Labute approximate surface area is 66.1 Å². The van der Waals surface area contributed by atoms with Gasteiger partial charge in [0.05, 0.1) is 0 Å². The number of aliphatic carboxylic acids is 1. The summed E-state index contributed by atoms with van der Waals surface area (Å²) < 4.78 is 0. The molecular weight excluding hydrogens is 160 g/mol. The van der Waals surface area contributed by atoms with Crippen LogP contribution >= 0.6 is 0 Å². The minimum Gasteiger partial charge on any atom is -0.481 e. The van der Waals surface area contributed by atoms with Gasteiger partial charge in [-0.15, -0.1) is 0 Å². The van der Waals surface area contributed by atoms with Crippen molar-refractivity contribution in [2.75, 3.05) is 0 Å². The molecule has 0 spiro atoms. The molecule has 0 heterocycles. The second kappa shape index (κ2) is 7.99. The number of carboxylic acids is 1. The summed E-state index contributed by atoms with van der Waals surface area (Å²) in [6.07, 6.45) is 3.28. The summed E-state index contributed by atoms with van der Waals surface area (Å²) in [5.41, 5.74) is 0. The van der Waals surface area contributed by atoms with Gasteiger partial charge in [-0.3, -0.25) is 4.79 Å². The molecule has 0 aliphatic heterocycles.